The largest absolute Gasteiger partial charge is 0.506 e. The molecule has 0 amide bonds. The van der Waals surface area contributed by atoms with Crippen molar-refractivity contribution in [1.82, 2.24) is 4.98 Å². The van der Waals surface area contributed by atoms with Crippen LogP contribution in [0.1, 0.15) is 22.8 Å². The number of aromatic hydroxyl groups is 1. The normalized spacial score (nSPS) is 10.4. The lowest BCUT2D eigenvalue weighted by Crippen LogP contribution is -2.20. The lowest BCUT2D eigenvalue weighted by molar-refractivity contribution is 0.0691. The SMILES string of the molecule is CCc1c(-c2ccc(OC)cc2)[nH]c(=O)c(C(=O)O)c1O. The van der Waals surface area contributed by atoms with Crippen LogP contribution in [-0.4, -0.2) is 28.3 Å². The van der Waals surface area contributed by atoms with Crippen LogP contribution >= 0.6 is 0 Å². The molecule has 0 aliphatic rings. The zero-order valence-corrected chi connectivity index (χ0v) is 11.6. The maximum atomic E-state index is 11.8. The van der Waals surface area contributed by atoms with E-state index in [1.807, 2.05) is 0 Å². The molecule has 0 radical (unpaired) electrons. The number of ether oxygens (including phenoxy) is 1. The molecule has 0 spiro atoms. The van der Waals surface area contributed by atoms with Crippen molar-refractivity contribution in [2.75, 3.05) is 7.11 Å². The number of pyridine rings is 1. The van der Waals surface area contributed by atoms with Crippen LogP contribution in [0.5, 0.6) is 11.5 Å². The molecule has 0 unspecified atom stereocenters. The molecule has 0 atom stereocenters. The monoisotopic (exact) mass is 289 g/mol. The van der Waals surface area contributed by atoms with Crippen molar-refractivity contribution in [1.29, 1.82) is 0 Å². The Hall–Kier alpha value is -2.76. The van der Waals surface area contributed by atoms with Crippen LogP contribution in [0.2, 0.25) is 0 Å². The molecular formula is C15H15NO5. The van der Waals surface area contributed by atoms with E-state index in [9.17, 15) is 14.7 Å². The number of hydrogen-bond acceptors (Lipinski definition) is 4. The third-order valence-electron chi connectivity index (χ3n) is 3.24. The van der Waals surface area contributed by atoms with E-state index in [-0.39, 0.29) is 0 Å². The van der Waals surface area contributed by atoms with Crippen LogP contribution in [0.3, 0.4) is 0 Å². The molecule has 6 nitrogen and oxygen atoms in total. The maximum absolute atomic E-state index is 11.8. The number of aromatic amines is 1. The number of H-pyrrole nitrogens is 1. The van der Waals surface area contributed by atoms with Crippen molar-refractivity contribution < 1.29 is 19.7 Å². The standard InChI is InChI=1S/C15H15NO5/c1-3-10-12(8-4-6-9(21-2)7-5-8)16-14(18)11(13(10)17)15(19)20/h4-7H,3H2,1-2H3,(H,19,20)(H2,16,17,18). The number of carbonyl (C=O) groups is 1. The van der Waals surface area contributed by atoms with E-state index in [1.54, 1.807) is 38.3 Å². The molecule has 3 N–H and O–H groups in total. The van der Waals surface area contributed by atoms with Gasteiger partial charge in [-0.25, -0.2) is 4.79 Å². The molecule has 0 aliphatic heterocycles. The molecule has 2 rings (SSSR count). The van der Waals surface area contributed by atoms with Gasteiger partial charge < -0.3 is 19.9 Å². The van der Waals surface area contributed by atoms with Gasteiger partial charge in [0, 0.05) is 5.56 Å². The Kier molecular flexibility index (Phi) is 3.98. The number of nitrogens with one attached hydrogen (secondary N) is 1. The molecule has 0 bridgehead atoms. The highest BCUT2D eigenvalue weighted by Crippen LogP contribution is 2.30. The van der Waals surface area contributed by atoms with Gasteiger partial charge in [-0.05, 0) is 36.2 Å². The molecule has 0 saturated carbocycles. The highest BCUT2D eigenvalue weighted by molar-refractivity contribution is 5.91. The van der Waals surface area contributed by atoms with E-state index in [1.165, 1.54) is 0 Å². The molecule has 21 heavy (non-hydrogen) atoms. The minimum Gasteiger partial charge on any atom is -0.506 e. The van der Waals surface area contributed by atoms with Crippen LogP contribution in [0, 0.1) is 0 Å². The van der Waals surface area contributed by atoms with Crippen LogP contribution in [0.25, 0.3) is 11.3 Å². The van der Waals surface area contributed by atoms with Crippen molar-refractivity contribution in [3.05, 3.63) is 45.7 Å². The molecule has 110 valence electrons. The van der Waals surface area contributed by atoms with Crippen molar-refractivity contribution in [3.8, 4) is 22.8 Å². The molecule has 0 aliphatic carbocycles. The van der Waals surface area contributed by atoms with E-state index < -0.39 is 22.8 Å². The van der Waals surface area contributed by atoms with Crippen molar-refractivity contribution >= 4 is 5.97 Å². The van der Waals surface area contributed by atoms with E-state index in [2.05, 4.69) is 4.98 Å². The predicted molar refractivity (Wildman–Crippen MR) is 77.1 cm³/mol. The van der Waals surface area contributed by atoms with Crippen molar-refractivity contribution in [2.24, 2.45) is 0 Å². The van der Waals surface area contributed by atoms with Crippen molar-refractivity contribution in [3.63, 3.8) is 0 Å². The van der Waals surface area contributed by atoms with Gasteiger partial charge in [0.25, 0.3) is 5.56 Å². The second kappa shape index (κ2) is 5.70. The maximum Gasteiger partial charge on any atom is 0.345 e. The van der Waals surface area contributed by atoms with E-state index in [4.69, 9.17) is 9.84 Å². The smallest absolute Gasteiger partial charge is 0.345 e. The third-order valence-corrected chi connectivity index (χ3v) is 3.24. The molecule has 1 heterocycles. The molecule has 0 fully saturated rings. The second-order valence-corrected chi connectivity index (χ2v) is 4.42. The number of rotatable bonds is 4. The number of benzene rings is 1. The highest BCUT2D eigenvalue weighted by Gasteiger charge is 2.21. The topological polar surface area (TPSA) is 99.6 Å². The van der Waals surface area contributed by atoms with Crippen LogP contribution in [-0.2, 0) is 6.42 Å². The average molecular weight is 289 g/mol. The van der Waals surface area contributed by atoms with Gasteiger partial charge in [-0.3, -0.25) is 4.79 Å². The summed E-state index contributed by atoms with van der Waals surface area (Å²) in [6, 6.07) is 6.89. The summed E-state index contributed by atoms with van der Waals surface area (Å²) < 4.78 is 5.06. The van der Waals surface area contributed by atoms with Gasteiger partial charge in [0.1, 0.15) is 11.5 Å². The van der Waals surface area contributed by atoms with Gasteiger partial charge in [0.2, 0.25) is 0 Å². The number of hydrogen-bond donors (Lipinski definition) is 3. The Morgan fingerprint density at radius 3 is 2.38 bits per heavy atom. The summed E-state index contributed by atoms with van der Waals surface area (Å²) in [5.41, 5.74) is -0.00561. The van der Waals surface area contributed by atoms with Crippen molar-refractivity contribution in [2.45, 2.75) is 13.3 Å². The van der Waals surface area contributed by atoms with Gasteiger partial charge >= 0.3 is 5.97 Å². The summed E-state index contributed by atoms with van der Waals surface area (Å²) in [5, 5.41) is 19.1. The number of aromatic carboxylic acids is 1. The van der Waals surface area contributed by atoms with Gasteiger partial charge in [0.05, 0.1) is 12.8 Å². The Morgan fingerprint density at radius 2 is 1.90 bits per heavy atom. The number of carboxylic acids is 1. The van der Waals surface area contributed by atoms with Gasteiger partial charge in [-0.15, -0.1) is 0 Å². The third kappa shape index (κ3) is 2.60. The van der Waals surface area contributed by atoms with Gasteiger partial charge in [-0.2, -0.15) is 0 Å². The summed E-state index contributed by atoms with van der Waals surface area (Å²) >= 11 is 0. The molecule has 0 saturated heterocycles. The fourth-order valence-electron chi connectivity index (χ4n) is 2.18. The summed E-state index contributed by atoms with van der Waals surface area (Å²) in [6.45, 7) is 1.77. The highest BCUT2D eigenvalue weighted by atomic mass is 16.5. The lowest BCUT2D eigenvalue weighted by Gasteiger charge is -2.12. The Balaban J connectivity index is 2.68. The molecule has 1 aromatic carbocycles. The first-order valence-corrected chi connectivity index (χ1v) is 6.35. The lowest BCUT2D eigenvalue weighted by atomic mass is 10.0. The van der Waals surface area contributed by atoms with Crippen LogP contribution in [0.15, 0.2) is 29.1 Å². The number of carboxylic acid groups (broad SMARTS) is 1. The predicted octanol–water partition coefficient (Wildman–Crippen LogP) is 2.02. The Labute approximate surface area is 120 Å². The minimum absolute atomic E-state index is 0.379. The Bertz CT molecular complexity index is 731. The first kappa shape index (κ1) is 14.6. The summed E-state index contributed by atoms with van der Waals surface area (Å²) in [4.78, 5) is 25.4. The fraction of sp³-hybridized carbons (Fsp3) is 0.200. The summed E-state index contributed by atoms with van der Waals surface area (Å²) in [7, 11) is 1.54. The summed E-state index contributed by atoms with van der Waals surface area (Å²) in [5.74, 6) is -1.28. The zero-order chi connectivity index (χ0) is 15.6. The molecule has 2 aromatic rings. The minimum atomic E-state index is -1.45. The Morgan fingerprint density at radius 1 is 1.29 bits per heavy atom. The molecule has 1 aromatic heterocycles. The quantitative estimate of drug-likeness (QED) is 0.799. The van der Waals surface area contributed by atoms with E-state index in [0.717, 1.165) is 0 Å². The van der Waals surface area contributed by atoms with E-state index >= 15 is 0 Å². The number of aromatic nitrogens is 1. The first-order chi connectivity index (χ1) is 9.99. The first-order valence-electron chi connectivity index (χ1n) is 6.35. The fourth-order valence-corrected chi connectivity index (χ4v) is 2.18. The second-order valence-electron chi connectivity index (χ2n) is 4.42. The van der Waals surface area contributed by atoms with Crippen LogP contribution in [0.4, 0.5) is 0 Å². The molecular weight excluding hydrogens is 274 g/mol. The average Bonchev–Trinajstić information content (AvgIpc) is 2.46. The van der Waals surface area contributed by atoms with Gasteiger partial charge in [0.15, 0.2) is 5.56 Å². The zero-order valence-electron chi connectivity index (χ0n) is 11.6. The molecule has 6 heteroatoms. The number of methoxy groups -OCH3 is 1. The summed E-state index contributed by atoms with van der Waals surface area (Å²) in [6.07, 6.45) is 0.379. The van der Waals surface area contributed by atoms with Crippen LogP contribution < -0.4 is 10.3 Å². The van der Waals surface area contributed by atoms with Gasteiger partial charge in [-0.1, -0.05) is 6.92 Å². The van der Waals surface area contributed by atoms with E-state index in [0.29, 0.717) is 29.0 Å².